The molecule has 2 fully saturated rings. The zero-order valence-electron chi connectivity index (χ0n) is 17.6. The Kier molecular flexibility index (Phi) is 5.90. The molecule has 0 saturated carbocycles. The molecule has 162 valence electrons. The molecule has 8 nitrogen and oxygen atoms in total. The monoisotopic (exact) mass is 423 g/mol. The number of carbonyl (C=O) groups excluding carboxylic acids is 3. The summed E-state index contributed by atoms with van der Waals surface area (Å²) >= 11 is 0. The quantitative estimate of drug-likeness (QED) is 0.503. The molecule has 2 saturated heterocycles. The highest BCUT2D eigenvalue weighted by molar-refractivity contribution is 6.44. The summed E-state index contributed by atoms with van der Waals surface area (Å²) in [5.41, 5.74) is 1.73. The van der Waals surface area contributed by atoms with Crippen LogP contribution in [-0.4, -0.2) is 60.0 Å². The number of ether oxygens (including phenoxy) is 2. The molecule has 4 amide bonds. The van der Waals surface area contributed by atoms with Gasteiger partial charge in [0.15, 0.2) is 0 Å². The van der Waals surface area contributed by atoms with Crippen LogP contribution in [0.4, 0.5) is 4.79 Å². The number of rotatable bonds is 7. The predicted octanol–water partition coefficient (Wildman–Crippen LogP) is 2.79. The number of nitrogens with zero attached hydrogens (tertiary/aromatic N) is 3. The predicted molar refractivity (Wildman–Crippen MR) is 112 cm³/mol. The van der Waals surface area contributed by atoms with Crippen molar-refractivity contribution in [2.24, 2.45) is 0 Å². The van der Waals surface area contributed by atoms with Gasteiger partial charge in [0.25, 0.3) is 0 Å². The molecule has 0 spiro atoms. The number of benzene rings is 2. The van der Waals surface area contributed by atoms with Crippen molar-refractivity contribution in [3.8, 4) is 11.5 Å². The minimum absolute atomic E-state index is 0.0519. The Morgan fingerprint density at radius 3 is 2.39 bits per heavy atom. The van der Waals surface area contributed by atoms with Gasteiger partial charge in [0.2, 0.25) is 0 Å². The van der Waals surface area contributed by atoms with Gasteiger partial charge in [-0.25, -0.2) is 9.69 Å². The van der Waals surface area contributed by atoms with Crippen LogP contribution >= 0.6 is 0 Å². The summed E-state index contributed by atoms with van der Waals surface area (Å²) in [4.78, 5) is 42.1. The lowest BCUT2D eigenvalue weighted by molar-refractivity contribution is -0.144. The maximum Gasteiger partial charge on any atom is 0.335 e. The molecular formula is C23H25N3O5. The number of urea groups is 1. The fourth-order valence-corrected chi connectivity index (χ4v) is 4.21. The lowest BCUT2D eigenvalue weighted by Crippen LogP contribution is -2.42. The van der Waals surface area contributed by atoms with Crippen LogP contribution in [0.1, 0.15) is 30.0 Å². The topological polar surface area (TPSA) is 79.4 Å². The number of hydrogen-bond donors (Lipinski definition) is 0. The van der Waals surface area contributed by atoms with E-state index >= 15 is 0 Å². The van der Waals surface area contributed by atoms with E-state index in [4.69, 9.17) is 9.47 Å². The van der Waals surface area contributed by atoms with E-state index in [-0.39, 0.29) is 19.3 Å². The highest BCUT2D eigenvalue weighted by Crippen LogP contribution is 2.39. The number of amides is 4. The highest BCUT2D eigenvalue weighted by Gasteiger charge is 2.46. The summed E-state index contributed by atoms with van der Waals surface area (Å²) in [6.07, 6.45) is 1.75. The maximum atomic E-state index is 12.9. The van der Waals surface area contributed by atoms with Crippen molar-refractivity contribution >= 4 is 17.8 Å². The normalized spacial score (nSPS) is 19.4. The summed E-state index contributed by atoms with van der Waals surface area (Å²) in [5.74, 6) is -0.147. The molecule has 0 aromatic heterocycles. The Labute approximate surface area is 180 Å². The van der Waals surface area contributed by atoms with Crippen LogP contribution in [-0.2, 0) is 16.1 Å². The number of hydrogen-bond acceptors (Lipinski definition) is 6. The van der Waals surface area contributed by atoms with E-state index < -0.39 is 17.8 Å². The molecule has 4 rings (SSSR count). The third kappa shape index (κ3) is 3.98. The average Bonchev–Trinajstić information content (AvgIpc) is 3.34. The summed E-state index contributed by atoms with van der Waals surface area (Å²) in [7, 11) is 3.21. The lowest BCUT2D eigenvalue weighted by Gasteiger charge is -2.29. The van der Waals surface area contributed by atoms with Gasteiger partial charge in [-0.15, -0.1) is 0 Å². The number of methoxy groups -OCH3 is 2. The number of imide groups is 2. The molecular weight excluding hydrogens is 398 g/mol. The molecule has 2 heterocycles. The molecule has 31 heavy (non-hydrogen) atoms. The fourth-order valence-electron chi connectivity index (χ4n) is 4.21. The van der Waals surface area contributed by atoms with Crippen LogP contribution in [0.25, 0.3) is 0 Å². The van der Waals surface area contributed by atoms with Crippen molar-refractivity contribution in [1.82, 2.24) is 14.7 Å². The highest BCUT2D eigenvalue weighted by atomic mass is 16.5. The largest absolute Gasteiger partial charge is 0.497 e. The van der Waals surface area contributed by atoms with E-state index in [1.807, 2.05) is 53.4 Å². The Hall–Kier alpha value is -3.39. The average molecular weight is 423 g/mol. The number of likely N-dealkylation sites (tertiary alicyclic amines) is 1. The lowest BCUT2D eigenvalue weighted by atomic mass is 10.0. The van der Waals surface area contributed by atoms with Crippen molar-refractivity contribution in [3.05, 3.63) is 59.7 Å². The maximum absolute atomic E-state index is 12.9. The second kappa shape index (κ2) is 8.77. The zero-order chi connectivity index (χ0) is 22.0. The van der Waals surface area contributed by atoms with Crippen molar-refractivity contribution in [2.75, 3.05) is 27.4 Å². The summed E-state index contributed by atoms with van der Waals surface area (Å²) in [5, 5.41) is 0. The second-order valence-electron chi connectivity index (χ2n) is 7.61. The van der Waals surface area contributed by atoms with Gasteiger partial charge in [-0.2, -0.15) is 0 Å². The van der Waals surface area contributed by atoms with Crippen molar-refractivity contribution < 1.29 is 23.9 Å². The minimum Gasteiger partial charge on any atom is -0.497 e. The molecule has 0 radical (unpaired) electrons. The van der Waals surface area contributed by atoms with E-state index in [0.717, 1.165) is 39.5 Å². The zero-order valence-corrected chi connectivity index (χ0v) is 17.6. The molecule has 1 atom stereocenters. The summed E-state index contributed by atoms with van der Waals surface area (Å²) in [6.45, 7) is 0.836. The van der Waals surface area contributed by atoms with Crippen molar-refractivity contribution in [3.63, 3.8) is 0 Å². The molecule has 2 aliphatic heterocycles. The molecule has 0 bridgehead atoms. The Morgan fingerprint density at radius 2 is 1.68 bits per heavy atom. The van der Waals surface area contributed by atoms with Crippen LogP contribution in [0.15, 0.2) is 48.5 Å². The summed E-state index contributed by atoms with van der Waals surface area (Å²) < 4.78 is 10.9. The van der Waals surface area contributed by atoms with Gasteiger partial charge in [-0.3, -0.25) is 19.4 Å². The molecule has 2 aromatic carbocycles. The van der Waals surface area contributed by atoms with Gasteiger partial charge in [0.05, 0.1) is 27.4 Å². The van der Waals surface area contributed by atoms with Crippen LogP contribution in [0.3, 0.4) is 0 Å². The third-order valence-corrected chi connectivity index (χ3v) is 5.80. The number of carbonyl (C=O) groups is 3. The first-order chi connectivity index (χ1) is 15.0. The molecule has 2 aliphatic rings. The first-order valence-electron chi connectivity index (χ1n) is 10.2. The minimum atomic E-state index is -0.788. The third-order valence-electron chi connectivity index (χ3n) is 5.80. The van der Waals surface area contributed by atoms with Crippen molar-refractivity contribution in [2.45, 2.75) is 25.4 Å². The van der Waals surface area contributed by atoms with E-state index in [1.54, 1.807) is 14.2 Å². The molecule has 2 aromatic rings. The molecule has 0 aliphatic carbocycles. The van der Waals surface area contributed by atoms with Gasteiger partial charge < -0.3 is 9.47 Å². The van der Waals surface area contributed by atoms with E-state index in [0.29, 0.717) is 12.3 Å². The molecule has 8 heteroatoms. The van der Waals surface area contributed by atoms with E-state index in [9.17, 15) is 14.4 Å². The first-order valence-corrected chi connectivity index (χ1v) is 10.2. The van der Waals surface area contributed by atoms with Gasteiger partial charge in [0, 0.05) is 18.2 Å². The summed E-state index contributed by atoms with van der Waals surface area (Å²) in [6, 6.07) is 14.1. The van der Waals surface area contributed by atoms with Gasteiger partial charge >= 0.3 is 17.8 Å². The van der Waals surface area contributed by atoms with Crippen LogP contribution in [0.2, 0.25) is 0 Å². The van der Waals surface area contributed by atoms with E-state index in [1.165, 1.54) is 0 Å². The molecule has 0 unspecified atom stereocenters. The second-order valence-corrected chi connectivity index (χ2v) is 7.61. The first kappa shape index (κ1) is 20.9. The SMILES string of the molecule is COc1ccc(OC)c([C@@H]2CCCN2CN2C(=O)C(=O)N(Cc3ccccc3)C2=O)c1. The van der Waals surface area contributed by atoms with Crippen LogP contribution in [0.5, 0.6) is 11.5 Å². The fraction of sp³-hybridized carbons (Fsp3) is 0.348. The Morgan fingerprint density at radius 1 is 0.935 bits per heavy atom. The molecule has 0 N–H and O–H groups in total. The van der Waals surface area contributed by atoms with Crippen LogP contribution < -0.4 is 9.47 Å². The standard InChI is InChI=1S/C23H25N3O5/c1-30-17-10-11-20(31-2)18(13-17)19-9-6-12-24(19)15-26-22(28)21(27)25(23(26)29)14-16-7-4-3-5-8-16/h3-5,7-8,10-11,13,19H,6,9,12,14-15H2,1-2H3/t19-/m0/s1. The Bertz CT molecular complexity index is 994. The van der Waals surface area contributed by atoms with Crippen molar-refractivity contribution in [1.29, 1.82) is 0 Å². The van der Waals surface area contributed by atoms with Gasteiger partial charge in [0.1, 0.15) is 11.5 Å². The Balaban J connectivity index is 1.54. The van der Waals surface area contributed by atoms with Crippen LogP contribution in [0, 0.1) is 0 Å². The smallest absolute Gasteiger partial charge is 0.335 e. The van der Waals surface area contributed by atoms with E-state index in [2.05, 4.69) is 0 Å². The van der Waals surface area contributed by atoms with Gasteiger partial charge in [-0.05, 0) is 36.6 Å². The van der Waals surface area contributed by atoms with Gasteiger partial charge in [-0.1, -0.05) is 30.3 Å².